The SMILES string of the molecule is Cc1ccc(N2C[C@@H](C)Cn3c2nc2c3c(=O)n(Cc3cccc(C)c3)c(=O)n2C)cc1. The number of anilines is 2. The third-order valence-electron chi connectivity index (χ3n) is 6.21. The maximum Gasteiger partial charge on any atom is 0.332 e. The first-order valence-electron chi connectivity index (χ1n) is 10.9. The molecule has 0 fully saturated rings. The first-order chi connectivity index (χ1) is 15.3. The Bertz CT molecular complexity index is 1440. The van der Waals surface area contributed by atoms with E-state index in [1.807, 2.05) is 35.8 Å². The molecule has 5 rings (SSSR count). The van der Waals surface area contributed by atoms with Crippen LogP contribution in [0, 0.1) is 19.8 Å². The van der Waals surface area contributed by atoms with Gasteiger partial charge in [0, 0.05) is 25.8 Å². The third-order valence-corrected chi connectivity index (χ3v) is 6.21. The van der Waals surface area contributed by atoms with Gasteiger partial charge in [0.1, 0.15) is 0 Å². The van der Waals surface area contributed by atoms with E-state index < -0.39 is 0 Å². The molecule has 7 nitrogen and oxygen atoms in total. The van der Waals surface area contributed by atoms with E-state index >= 15 is 0 Å². The molecule has 164 valence electrons. The number of nitrogens with zero attached hydrogens (tertiary/aromatic N) is 5. The molecule has 32 heavy (non-hydrogen) atoms. The fraction of sp³-hybridized carbons (Fsp3) is 0.320. The van der Waals surface area contributed by atoms with Crippen LogP contribution >= 0.6 is 0 Å². The van der Waals surface area contributed by atoms with Crippen molar-refractivity contribution >= 4 is 22.8 Å². The molecule has 0 aliphatic carbocycles. The van der Waals surface area contributed by atoms with Crippen molar-refractivity contribution in [1.29, 1.82) is 0 Å². The largest absolute Gasteiger partial charge is 0.332 e. The number of benzene rings is 2. The molecule has 0 amide bonds. The monoisotopic (exact) mass is 429 g/mol. The van der Waals surface area contributed by atoms with E-state index in [0.29, 0.717) is 29.6 Å². The molecule has 1 aliphatic rings. The standard InChI is InChI=1S/C25H27N5O2/c1-16-8-10-20(11-9-16)28-13-18(3)14-29-21-22(26-24(28)29)27(4)25(32)30(23(21)31)15-19-7-5-6-17(2)12-19/h5-12,18H,13-15H2,1-4H3/t18-/m1/s1. The van der Waals surface area contributed by atoms with Crippen molar-refractivity contribution in [2.45, 2.75) is 33.9 Å². The highest BCUT2D eigenvalue weighted by Gasteiger charge is 2.29. The summed E-state index contributed by atoms with van der Waals surface area (Å²) in [5.74, 6) is 1.03. The Labute approximate surface area is 186 Å². The minimum Gasteiger partial charge on any atom is -0.312 e. The van der Waals surface area contributed by atoms with Crippen molar-refractivity contribution < 1.29 is 0 Å². The van der Waals surface area contributed by atoms with Crippen LogP contribution in [0.1, 0.15) is 23.6 Å². The molecular formula is C25H27N5O2. The van der Waals surface area contributed by atoms with Crippen LogP contribution < -0.4 is 16.1 Å². The summed E-state index contributed by atoms with van der Waals surface area (Å²) >= 11 is 0. The maximum atomic E-state index is 13.6. The van der Waals surface area contributed by atoms with Gasteiger partial charge in [-0.1, -0.05) is 54.4 Å². The maximum absolute atomic E-state index is 13.6. The van der Waals surface area contributed by atoms with E-state index in [-0.39, 0.29) is 17.8 Å². The zero-order valence-electron chi connectivity index (χ0n) is 18.9. The highest BCUT2D eigenvalue weighted by atomic mass is 16.2. The van der Waals surface area contributed by atoms with Gasteiger partial charge in [0.2, 0.25) is 5.95 Å². The van der Waals surface area contributed by atoms with Crippen LogP contribution in [0.15, 0.2) is 58.1 Å². The van der Waals surface area contributed by atoms with E-state index in [4.69, 9.17) is 4.98 Å². The van der Waals surface area contributed by atoms with Crippen LogP contribution in [0.4, 0.5) is 11.6 Å². The van der Waals surface area contributed by atoms with Gasteiger partial charge < -0.3 is 9.47 Å². The average Bonchev–Trinajstić information content (AvgIpc) is 3.15. The first kappa shape index (κ1) is 20.3. The molecular weight excluding hydrogens is 402 g/mol. The van der Waals surface area contributed by atoms with E-state index in [2.05, 4.69) is 43.0 Å². The van der Waals surface area contributed by atoms with Gasteiger partial charge in [-0.25, -0.2) is 4.79 Å². The Morgan fingerprint density at radius 1 is 1.00 bits per heavy atom. The summed E-state index contributed by atoms with van der Waals surface area (Å²) in [6.45, 7) is 7.96. The summed E-state index contributed by atoms with van der Waals surface area (Å²) in [5, 5.41) is 0. The van der Waals surface area contributed by atoms with Gasteiger partial charge in [0.05, 0.1) is 6.54 Å². The average molecular weight is 430 g/mol. The Morgan fingerprint density at radius 3 is 2.47 bits per heavy atom. The summed E-state index contributed by atoms with van der Waals surface area (Å²) in [7, 11) is 1.69. The highest BCUT2D eigenvalue weighted by molar-refractivity contribution is 5.77. The van der Waals surface area contributed by atoms with Gasteiger partial charge in [0.25, 0.3) is 5.56 Å². The quantitative estimate of drug-likeness (QED) is 0.501. The molecule has 3 heterocycles. The van der Waals surface area contributed by atoms with Gasteiger partial charge >= 0.3 is 5.69 Å². The summed E-state index contributed by atoms with van der Waals surface area (Å²) < 4.78 is 4.80. The molecule has 2 aromatic heterocycles. The second-order valence-electron chi connectivity index (χ2n) is 8.97. The predicted molar refractivity (Wildman–Crippen MR) is 127 cm³/mol. The van der Waals surface area contributed by atoms with E-state index in [9.17, 15) is 9.59 Å². The topological polar surface area (TPSA) is 65.1 Å². The lowest BCUT2D eigenvalue weighted by Crippen LogP contribution is -2.40. The zero-order valence-corrected chi connectivity index (χ0v) is 18.9. The van der Waals surface area contributed by atoms with Gasteiger partial charge in [-0.15, -0.1) is 0 Å². The molecule has 1 aliphatic heterocycles. The molecule has 2 aromatic carbocycles. The fourth-order valence-electron chi connectivity index (χ4n) is 4.58. The van der Waals surface area contributed by atoms with Crippen molar-refractivity contribution in [3.8, 4) is 0 Å². The highest BCUT2D eigenvalue weighted by Crippen LogP contribution is 2.32. The van der Waals surface area contributed by atoms with Gasteiger partial charge in [-0.2, -0.15) is 4.98 Å². The second kappa shape index (κ2) is 7.51. The Balaban J connectivity index is 1.72. The molecule has 1 atom stereocenters. The zero-order chi connectivity index (χ0) is 22.6. The first-order valence-corrected chi connectivity index (χ1v) is 10.9. The molecule has 0 saturated heterocycles. The number of fused-ring (bicyclic) bond motifs is 3. The van der Waals surface area contributed by atoms with Crippen LogP contribution in [0.5, 0.6) is 0 Å². The van der Waals surface area contributed by atoms with Crippen LogP contribution in [0.2, 0.25) is 0 Å². The number of aromatic nitrogens is 4. The Kier molecular flexibility index (Phi) is 4.77. The molecule has 0 bridgehead atoms. The number of hydrogen-bond acceptors (Lipinski definition) is 4. The lowest BCUT2D eigenvalue weighted by atomic mass is 10.1. The molecule has 0 saturated carbocycles. The minimum atomic E-state index is -0.352. The second-order valence-corrected chi connectivity index (χ2v) is 8.97. The molecule has 0 unspecified atom stereocenters. The summed E-state index contributed by atoms with van der Waals surface area (Å²) in [4.78, 5) is 33.6. The summed E-state index contributed by atoms with van der Waals surface area (Å²) in [5.41, 5.74) is 4.52. The molecule has 7 heteroatoms. The number of aryl methyl sites for hydroxylation is 3. The van der Waals surface area contributed by atoms with Crippen molar-refractivity contribution in [2.75, 3.05) is 11.4 Å². The van der Waals surface area contributed by atoms with Gasteiger partial charge in [0.15, 0.2) is 11.2 Å². The molecule has 4 aromatic rings. The smallest absolute Gasteiger partial charge is 0.312 e. The minimum absolute atomic E-state index is 0.237. The van der Waals surface area contributed by atoms with E-state index in [1.54, 1.807) is 7.05 Å². The summed E-state index contributed by atoms with van der Waals surface area (Å²) in [6, 6.07) is 16.2. The third kappa shape index (κ3) is 3.25. The van der Waals surface area contributed by atoms with Gasteiger partial charge in [-0.3, -0.25) is 13.9 Å². The van der Waals surface area contributed by atoms with Crippen molar-refractivity contribution in [2.24, 2.45) is 13.0 Å². The lowest BCUT2D eigenvalue weighted by Gasteiger charge is -2.33. The number of imidazole rings is 1. The van der Waals surface area contributed by atoms with E-state index in [0.717, 1.165) is 23.4 Å². The van der Waals surface area contributed by atoms with Crippen LogP contribution in [-0.2, 0) is 20.1 Å². The molecule has 0 N–H and O–H groups in total. The number of rotatable bonds is 3. The lowest BCUT2D eigenvalue weighted by molar-refractivity contribution is 0.458. The predicted octanol–water partition coefficient (Wildman–Crippen LogP) is 3.35. The van der Waals surface area contributed by atoms with Crippen molar-refractivity contribution in [3.05, 3.63) is 86.1 Å². The normalized spacial score (nSPS) is 15.9. The van der Waals surface area contributed by atoms with Gasteiger partial charge in [-0.05, 0) is 37.5 Å². The fourth-order valence-corrected chi connectivity index (χ4v) is 4.58. The van der Waals surface area contributed by atoms with Crippen LogP contribution in [0.3, 0.4) is 0 Å². The summed E-state index contributed by atoms with van der Waals surface area (Å²) in [6.07, 6.45) is 0. The Hall–Kier alpha value is -3.61. The van der Waals surface area contributed by atoms with Crippen molar-refractivity contribution in [3.63, 3.8) is 0 Å². The number of hydrogen-bond donors (Lipinski definition) is 0. The Morgan fingerprint density at radius 2 is 1.75 bits per heavy atom. The van der Waals surface area contributed by atoms with E-state index in [1.165, 1.54) is 14.7 Å². The molecule has 0 spiro atoms. The van der Waals surface area contributed by atoms with Crippen LogP contribution in [-0.4, -0.2) is 25.2 Å². The molecule has 0 radical (unpaired) electrons. The van der Waals surface area contributed by atoms with Crippen molar-refractivity contribution in [1.82, 2.24) is 18.7 Å². The van der Waals surface area contributed by atoms with Crippen LogP contribution in [0.25, 0.3) is 11.2 Å².